The number of halogens is 2. The van der Waals surface area contributed by atoms with E-state index in [4.69, 9.17) is 5.11 Å². The number of hydrogen-bond acceptors (Lipinski definition) is 4. The molecular formula is C12H14F2N4O. The lowest BCUT2D eigenvalue weighted by Crippen LogP contribution is -2.04. The Morgan fingerprint density at radius 1 is 1.26 bits per heavy atom. The maximum absolute atomic E-state index is 13.4. The van der Waals surface area contributed by atoms with Crippen molar-refractivity contribution in [1.29, 1.82) is 0 Å². The molecule has 7 heteroatoms. The van der Waals surface area contributed by atoms with Crippen LogP contribution in [0.25, 0.3) is 0 Å². The Balaban J connectivity index is 1.97. The van der Waals surface area contributed by atoms with Gasteiger partial charge in [0, 0.05) is 13.2 Å². The molecule has 2 N–H and O–H groups in total. The number of nitrogens with one attached hydrogen (secondary N) is 1. The van der Waals surface area contributed by atoms with E-state index in [1.807, 2.05) is 0 Å². The smallest absolute Gasteiger partial charge is 0.149 e. The first kappa shape index (κ1) is 13.4. The fourth-order valence-corrected chi connectivity index (χ4v) is 1.61. The molecule has 0 aliphatic rings. The van der Waals surface area contributed by atoms with E-state index in [1.165, 1.54) is 18.2 Å². The molecule has 2 aromatic rings. The summed E-state index contributed by atoms with van der Waals surface area (Å²) in [5, 5.41) is 19.0. The summed E-state index contributed by atoms with van der Waals surface area (Å²) < 4.78 is 28.3. The molecule has 0 aliphatic heterocycles. The van der Waals surface area contributed by atoms with E-state index >= 15 is 0 Å². The summed E-state index contributed by atoms with van der Waals surface area (Å²) in [6, 6.07) is 3.67. The average Bonchev–Trinajstić information content (AvgIpc) is 2.84. The number of aromatic nitrogens is 3. The number of rotatable bonds is 6. The molecule has 0 amide bonds. The maximum Gasteiger partial charge on any atom is 0.149 e. The number of hydrogen-bond donors (Lipinski definition) is 2. The quantitative estimate of drug-likeness (QED) is 0.834. The van der Waals surface area contributed by atoms with Gasteiger partial charge in [0.25, 0.3) is 0 Å². The van der Waals surface area contributed by atoms with Crippen LogP contribution in [-0.4, -0.2) is 26.7 Å². The van der Waals surface area contributed by atoms with Crippen LogP contribution in [0.2, 0.25) is 0 Å². The summed E-state index contributed by atoms with van der Waals surface area (Å²) in [5.74, 6) is -1.29. The van der Waals surface area contributed by atoms with Crippen LogP contribution in [0.3, 0.4) is 0 Å². The molecule has 1 heterocycles. The van der Waals surface area contributed by atoms with E-state index in [1.54, 1.807) is 10.9 Å². The zero-order valence-electron chi connectivity index (χ0n) is 10.2. The van der Waals surface area contributed by atoms with Crippen LogP contribution in [0.15, 0.2) is 24.4 Å². The molecule has 0 saturated carbocycles. The van der Waals surface area contributed by atoms with Crippen LogP contribution in [0, 0.1) is 11.6 Å². The molecule has 0 aliphatic carbocycles. The fraction of sp³-hybridized carbons (Fsp3) is 0.333. The highest BCUT2D eigenvalue weighted by Crippen LogP contribution is 2.18. The minimum absolute atomic E-state index is 0.0773. The molecule has 0 fully saturated rings. The van der Waals surface area contributed by atoms with E-state index in [2.05, 4.69) is 15.6 Å². The Morgan fingerprint density at radius 2 is 2.00 bits per heavy atom. The second-order valence-electron chi connectivity index (χ2n) is 4.00. The van der Waals surface area contributed by atoms with Gasteiger partial charge in [-0.15, -0.1) is 5.10 Å². The standard InChI is InChI=1S/C12H14F2N4O/c13-10-3-1-4-11(14)12(10)15-7-9-8-18(17-16-9)5-2-6-19/h1,3-4,8,15,19H,2,5-7H2. The predicted octanol–water partition coefficient (Wildman–Crippen LogP) is 1.55. The lowest BCUT2D eigenvalue weighted by Gasteiger charge is -2.06. The first-order valence-electron chi connectivity index (χ1n) is 5.88. The minimum Gasteiger partial charge on any atom is -0.396 e. The summed E-state index contributed by atoms with van der Waals surface area (Å²) in [6.45, 7) is 0.808. The van der Waals surface area contributed by atoms with Crippen LogP contribution < -0.4 is 5.32 Å². The molecule has 0 saturated heterocycles. The molecule has 102 valence electrons. The van der Waals surface area contributed by atoms with Gasteiger partial charge in [0.15, 0.2) is 0 Å². The second kappa shape index (κ2) is 6.24. The maximum atomic E-state index is 13.4. The number of aryl methyl sites for hydroxylation is 1. The molecule has 2 rings (SSSR count). The monoisotopic (exact) mass is 268 g/mol. The summed E-state index contributed by atoms with van der Waals surface area (Å²) in [7, 11) is 0. The molecule has 19 heavy (non-hydrogen) atoms. The zero-order chi connectivity index (χ0) is 13.7. The van der Waals surface area contributed by atoms with Gasteiger partial charge in [0.2, 0.25) is 0 Å². The van der Waals surface area contributed by atoms with Gasteiger partial charge in [0.1, 0.15) is 23.0 Å². The number of benzene rings is 1. The lowest BCUT2D eigenvalue weighted by molar-refractivity contribution is 0.276. The molecule has 1 aromatic heterocycles. The third-order valence-corrected chi connectivity index (χ3v) is 2.54. The van der Waals surface area contributed by atoms with Crippen LogP contribution >= 0.6 is 0 Å². The molecule has 0 bridgehead atoms. The van der Waals surface area contributed by atoms with E-state index in [0.29, 0.717) is 18.7 Å². The average molecular weight is 268 g/mol. The first-order chi connectivity index (χ1) is 9.20. The Kier molecular flexibility index (Phi) is 4.40. The highest BCUT2D eigenvalue weighted by atomic mass is 19.1. The fourth-order valence-electron chi connectivity index (χ4n) is 1.61. The summed E-state index contributed by atoms with van der Waals surface area (Å²) in [5.41, 5.74) is 0.396. The van der Waals surface area contributed by atoms with Gasteiger partial charge >= 0.3 is 0 Å². The lowest BCUT2D eigenvalue weighted by atomic mass is 10.3. The summed E-state index contributed by atoms with van der Waals surface area (Å²) in [4.78, 5) is 0. The van der Waals surface area contributed by atoms with Crippen molar-refractivity contribution in [2.75, 3.05) is 11.9 Å². The van der Waals surface area contributed by atoms with E-state index in [0.717, 1.165) is 0 Å². The van der Waals surface area contributed by atoms with Crippen molar-refractivity contribution in [3.63, 3.8) is 0 Å². The SMILES string of the molecule is OCCCn1cc(CNc2c(F)cccc2F)nn1. The van der Waals surface area contributed by atoms with E-state index in [-0.39, 0.29) is 18.8 Å². The number of para-hydroxylation sites is 1. The van der Waals surface area contributed by atoms with Gasteiger partial charge in [-0.1, -0.05) is 11.3 Å². The van der Waals surface area contributed by atoms with Crippen molar-refractivity contribution >= 4 is 5.69 Å². The van der Waals surface area contributed by atoms with Gasteiger partial charge < -0.3 is 10.4 Å². The Hall–Kier alpha value is -2.02. The molecule has 0 spiro atoms. The third kappa shape index (κ3) is 3.47. The largest absolute Gasteiger partial charge is 0.396 e. The van der Waals surface area contributed by atoms with Gasteiger partial charge in [-0.25, -0.2) is 8.78 Å². The van der Waals surface area contributed by atoms with Crippen molar-refractivity contribution in [2.45, 2.75) is 19.5 Å². The van der Waals surface area contributed by atoms with Gasteiger partial charge in [-0.2, -0.15) is 0 Å². The van der Waals surface area contributed by atoms with Gasteiger partial charge in [-0.05, 0) is 18.6 Å². The highest BCUT2D eigenvalue weighted by molar-refractivity contribution is 5.46. The van der Waals surface area contributed by atoms with E-state index in [9.17, 15) is 8.78 Å². The number of aliphatic hydroxyl groups is 1. The second-order valence-corrected chi connectivity index (χ2v) is 4.00. The molecule has 5 nitrogen and oxygen atoms in total. The third-order valence-electron chi connectivity index (χ3n) is 2.54. The number of aliphatic hydroxyl groups excluding tert-OH is 1. The van der Waals surface area contributed by atoms with Gasteiger partial charge in [-0.3, -0.25) is 4.68 Å². The van der Waals surface area contributed by atoms with Crippen molar-refractivity contribution in [2.24, 2.45) is 0 Å². The van der Waals surface area contributed by atoms with Crippen molar-refractivity contribution in [3.8, 4) is 0 Å². The molecule has 0 atom stereocenters. The normalized spacial score (nSPS) is 10.7. The van der Waals surface area contributed by atoms with E-state index < -0.39 is 11.6 Å². The number of nitrogens with zero attached hydrogens (tertiary/aromatic N) is 3. The molecular weight excluding hydrogens is 254 g/mol. The zero-order valence-corrected chi connectivity index (χ0v) is 10.2. The molecule has 0 radical (unpaired) electrons. The van der Waals surface area contributed by atoms with Crippen molar-refractivity contribution in [3.05, 3.63) is 41.7 Å². The van der Waals surface area contributed by atoms with Crippen LogP contribution in [0.4, 0.5) is 14.5 Å². The Labute approximate surface area is 108 Å². The topological polar surface area (TPSA) is 63.0 Å². The van der Waals surface area contributed by atoms with Crippen LogP contribution in [-0.2, 0) is 13.1 Å². The molecule has 1 aromatic carbocycles. The summed E-state index contributed by atoms with van der Waals surface area (Å²) in [6.07, 6.45) is 2.25. The van der Waals surface area contributed by atoms with Crippen LogP contribution in [0.5, 0.6) is 0 Å². The Bertz CT molecular complexity index is 524. The number of anilines is 1. The minimum atomic E-state index is -0.646. The van der Waals surface area contributed by atoms with Gasteiger partial charge in [0.05, 0.1) is 12.7 Å². The van der Waals surface area contributed by atoms with Crippen molar-refractivity contribution in [1.82, 2.24) is 15.0 Å². The van der Waals surface area contributed by atoms with Crippen molar-refractivity contribution < 1.29 is 13.9 Å². The summed E-state index contributed by atoms with van der Waals surface area (Å²) >= 11 is 0. The van der Waals surface area contributed by atoms with Crippen LogP contribution in [0.1, 0.15) is 12.1 Å². The Morgan fingerprint density at radius 3 is 2.68 bits per heavy atom. The first-order valence-corrected chi connectivity index (χ1v) is 5.88. The highest BCUT2D eigenvalue weighted by Gasteiger charge is 2.08. The predicted molar refractivity (Wildman–Crippen MR) is 65.4 cm³/mol. The molecule has 0 unspecified atom stereocenters.